The number of aliphatic carboxylic acids is 1. The van der Waals surface area contributed by atoms with Crippen LogP contribution in [0.5, 0.6) is 0 Å². The van der Waals surface area contributed by atoms with Crippen molar-refractivity contribution in [2.75, 3.05) is 0 Å². The largest absolute Gasteiger partial charge is 0.478 e. The van der Waals surface area contributed by atoms with Crippen molar-refractivity contribution < 1.29 is 9.90 Å². The minimum Gasteiger partial charge on any atom is -0.478 e. The molecule has 0 fully saturated rings. The van der Waals surface area contributed by atoms with Crippen molar-refractivity contribution in [3.8, 4) is 0 Å². The van der Waals surface area contributed by atoms with Crippen LogP contribution in [0.25, 0.3) is 0 Å². The zero-order valence-electron chi connectivity index (χ0n) is 30.1. The molecule has 2 nitrogen and oxygen atoms in total. The number of allylic oxidation sites excluding steroid dienone is 5. The highest BCUT2D eigenvalue weighted by Crippen LogP contribution is 2.16. The second kappa shape index (κ2) is 37.9. The molecule has 0 aliphatic carbocycles. The summed E-state index contributed by atoms with van der Waals surface area (Å²) >= 11 is 0. The van der Waals surface area contributed by atoms with E-state index < -0.39 is 5.97 Å². The molecular weight excluding hydrogens is 536 g/mol. The molecule has 0 bridgehead atoms. The molecule has 1 N–H and O–H groups in total. The summed E-state index contributed by atoms with van der Waals surface area (Å²) in [6, 6.07) is 0. The van der Waals surface area contributed by atoms with Gasteiger partial charge in [0.1, 0.15) is 0 Å². The van der Waals surface area contributed by atoms with Crippen molar-refractivity contribution in [2.45, 2.75) is 226 Å². The first kappa shape index (κ1) is 42.7. The molecule has 0 rings (SSSR count). The van der Waals surface area contributed by atoms with E-state index in [9.17, 15) is 9.90 Å². The van der Waals surface area contributed by atoms with Crippen LogP contribution in [0.3, 0.4) is 0 Å². The molecule has 258 valence electrons. The normalized spacial score (nSPS) is 12.3. The van der Waals surface area contributed by atoms with Crippen molar-refractivity contribution >= 4 is 5.97 Å². The Bertz CT molecular complexity index is 659. The smallest absolute Gasteiger partial charge is 0.331 e. The van der Waals surface area contributed by atoms with Gasteiger partial charge in [0, 0.05) is 5.57 Å². The highest BCUT2D eigenvalue weighted by molar-refractivity contribution is 5.86. The quantitative estimate of drug-likeness (QED) is 0.0330. The van der Waals surface area contributed by atoms with Crippen LogP contribution in [-0.2, 0) is 4.79 Å². The van der Waals surface area contributed by atoms with Crippen LogP contribution in [0.1, 0.15) is 226 Å². The summed E-state index contributed by atoms with van der Waals surface area (Å²) in [7, 11) is 0. The maximum Gasteiger partial charge on any atom is 0.331 e. The fraction of sp³-hybridized carbons (Fsp3) is 0.833. The van der Waals surface area contributed by atoms with Crippen LogP contribution >= 0.6 is 0 Å². The van der Waals surface area contributed by atoms with Gasteiger partial charge in [-0.15, -0.1) is 0 Å². The Morgan fingerprint density at radius 2 is 0.705 bits per heavy atom. The van der Waals surface area contributed by atoms with Crippen LogP contribution in [0.4, 0.5) is 0 Å². The first-order valence-electron chi connectivity index (χ1n) is 20.0. The van der Waals surface area contributed by atoms with Gasteiger partial charge >= 0.3 is 5.97 Å². The molecule has 0 saturated carbocycles. The molecule has 2 heteroatoms. The highest BCUT2D eigenvalue weighted by atomic mass is 16.4. The van der Waals surface area contributed by atoms with Crippen LogP contribution in [0.15, 0.2) is 36.0 Å². The highest BCUT2D eigenvalue weighted by Gasteiger charge is 2.05. The van der Waals surface area contributed by atoms with Crippen LogP contribution in [0, 0.1) is 0 Å². The SMILES string of the molecule is CCCCCCCC/C=C\CCCCCCCCCCCCC(=CC=CCCCCCCCCCCCCCCC)C(=O)O. The van der Waals surface area contributed by atoms with Crippen molar-refractivity contribution in [3.63, 3.8) is 0 Å². The molecule has 0 aromatic rings. The van der Waals surface area contributed by atoms with Crippen LogP contribution in [-0.4, -0.2) is 11.1 Å². The lowest BCUT2D eigenvalue weighted by molar-refractivity contribution is -0.132. The van der Waals surface area contributed by atoms with Crippen molar-refractivity contribution in [1.29, 1.82) is 0 Å². The summed E-state index contributed by atoms with van der Waals surface area (Å²) < 4.78 is 0. The van der Waals surface area contributed by atoms with Crippen molar-refractivity contribution in [2.24, 2.45) is 0 Å². The average molecular weight is 615 g/mol. The minimum absolute atomic E-state index is 0.573. The number of hydrogen-bond acceptors (Lipinski definition) is 1. The molecule has 0 radical (unpaired) electrons. The predicted molar refractivity (Wildman–Crippen MR) is 198 cm³/mol. The molecule has 0 saturated heterocycles. The maximum absolute atomic E-state index is 11.6. The second-order valence-corrected chi connectivity index (χ2v) is 13.6. The Morgan fingerprint density at radius 1 is 0.409 bits per heavy atom. The van der Waals surface area contributed by atoms with Gasteiger partial charge in [0.15, 0.2) is 0 Å². The van der Waals surface area contributed by atoms with E-state index in [1.807, 2.05) is 12.2 Å². The zero-order chi connectivity index (χ0) is 32.0. The molecule has 0 amide bonds. The standard InChI is InChI=1S/C42H78O2/c1-3-5-7-9-11-13-15-17-19-21-22-23-24-26-28-30-32-34-36-38-40-41(42(43)44)39-37-35-33-31-29-27-25-20-18-16-14-12-10-8-6-4-2/h17,19,35,37,39H,3-16,18,20-34,36,38,40H2,1-2H3,(H,43,44)/b19-17-,37-35?,41-39?. The first-order chi connectivity index (χ1) is 21.7. The molecular formula is C42H78O2. The fourth-order valence-corrected chi connectivity index (χ4v) is 6.09. The van der Waals surface area contributed by atoms with Crippen LogP contribution < -0.4 is 0 Å². The Labute approximate surface area is 277 Å². The van der Waals surface area contributed by atoms with E-state index in [1.54, 1.807) is 0 Å². The van der Waals surface area contributed by atoms with Gasteiger partial charge in [0.05, 0.1) is 0 Å². The Balaban J connectivity index is 3.52. The number of rotatable bonds is 36. The van der Waals surface area contributed by atoms with Gasteiger partial charge in [-0.05, 0) is 51.4 Å². The van der Waals surface area contributed by atoms with E-state index in [1.165, 1.54) is 186 Å². The molecule has 0 aliphatic rings. The lowest BCUT2D eigenvalue weighted by Crippen LogP contribution is -2.00. The van der Waals surface area contributed by atoms with Gasteiger partial charge in [-0.3, -0.25) is 0 Å². The van der Waals surface area contributed by atoms with E-state index in [2.05, 4.69) is 32.1 Å². The number of carboxylic acids is 1. The average Bonchev–Trinajstić information content (AvgIpc) is 3.02. The van der Waals surface area contributed by atoms with Gasteiger partial charge in [0.2, 0.25) is 0 Å². The van der Waals surface area contributed by atoms with Gasteiger partial charge in [0.25, 0.3) is 0 Å². The van der Waals surface area contributed by atoms with Crippen LogP contribution in [0.2, 0.25) is 0 Å². The number of carbonyl (C=O) groups is 1. The number of unbranched alkanes of at least 4 members (excludes halogenated alkanes) is 29. The molecule has 44 heavy (non-hydrogen) atoms. The third-order valence-electron chi connectivity index (χ3n) is 9.14. The molecule has 0 heterocycles. The lowest BCUT2D eigenvalue weighted by atomic mass is 10.0. The third kappa shape index (κ3) is 35.2. The van der Waals surface area contributed by atoms with Gasteiger partial charge < -0.3 is 5.11 Å². The molecule has 0 unspecified atom stereocenters. The van der Waals surface area contributed by atoms with Gasteiger partial charge in [-0.25, -0.2) is 4.79 Å². The van der Waals surface area contributed by atoms with E-state index in [0.717, 1.165) is 19.3 Å². The van der Waals surface area contributed by atoms with E-state index >= 15 is 0 Å². The zero-order valence-corrected chi connectivity index (χ0v) is 30.1. The maximum atomic E-state index is 11.6. The third-order valence-corrected chi connectivity index (χ3v) is 9.14. The summed E-state index contributed by atoms with van der Waals surface area (Å²) in [4.78, 5) is 11.6. The molecule has 0 aromatic heterocycles. The number of hydrogen-bond donors (Lipinski definition) is 1. The number of carboxylic acid groups (broad SMARTS) is 1. The Morgan fingerprint density at radius 3 is 1.05 bits per heavy atom. The second-order valence-electron chi connectivity index (χ2n) is 13.6. The molecule has 0 aromatic carbocycles. The lowest BCUT2D eigenvalue weighted by Gasteiger charge is -2.04. The summed E-state index contributed by atoms with van der Waals surface area (Å²) in [6.45, 7) is 4.57. The monoisotopic (exact) mass is 615 g/mol. The first-order valence-corrected chi connectivity index (χ1v) is 20.0. The van der Waals surface area contributed by atoms with Crippen molar-refractivity contribution in [1.82, 2.24) is 0 Å². The Hall–Kier alpha value is -1.31. The van der Waals surface area contributed by atoms with E-state index in [0.29, 0.717) is 12.0 Å². The minimum atomic E-state index is -0.746. The molecule has 0 aliphatic heterocycles. The van der Waals surface area contributed by atoms with Gasteiger partial charge in [-0.1, -0.05) is 205 Å². The topological polar surface area (TPSA) is 37.3 Å². The van der Waals surface area contributed by atoms with Crippen molar-refractivity contribution in [3.05, 3.63) is 36.0 Å². The molecule has 0 spiro atoms. The summed E-state index contributed by atoms with van der Waals surface area (Å²) in [5, 5.41) is 9.55. The summed E-state index contributed by atoms with van der Waals surface area (Å²) in [6.07, 6.45) is 54.3. The Kier molecular flexibility index (Phi) is 36.7. The summed E-state index contributed by atoms with van der Waals surface area (Å²) in [5.41, 5.74) is 0.573. The molecule has 0 atom stereocenters. The van der Waals surface area contributed by atoms with E-state index in [-0.39, 0.29) is 0 Å². The summed E-state index contributed by atoms with van der Waals surface area (Å²) in [5.74, 6) is -0.746. The predicted octanol–water partition coefficient (Wildman–Crippen LogP) is 15.0. The van der Waals surface area contributed by atoms with Gasteiger partial charge in [-0.2, -0.15) is 0 Å². The van der Waals surface area contributed by atoms with E-state index in [4.69, 9.17) is 0 Å². The fourth-order valence-electron chi connectivity index (χ4n) is 6.09.